The van der Waals surface area contributed by atoms with Crippen LogP contribution in [0.5, 0.6) is 11.5 Å². The van der Waals surface area contributed by atoms with E-state index in [1.807, 2.05) is 26.0 Å². The number of phenolic OH excluding ortho intramolecular Hbond substituents is 1. The van der Waals surface area contributed by atoms with Crippen LogP contribution in [0.3, 0.4) is 0 Å². The number of carbonyl (C=O) groups is 1. The SMILES string of the molecule is Cc1ccc(CC2Oc3ccc(O)cc3NC2=O)c(C)c1. The number of carbonyl (C=O) groups excluding carboxylic acids is 1. The Bertz CT molecular complexity index is 709. The average Bonchev–Trinajstić information content (AvgIpc) is 2.42. The molecule has 4 nitrogen and oxygen atoms in total. The third kappa shape index (κ3) is 2.70. The predicted octanol–water partition coefficient (Wildman–Crippen LogP) is 2.95. The summed E-state index contributed by atoms with van der Waals surface area (Å²) in [6, 6.07) is 10.9. The molecule has 1 aliphatic rings. The Morgan fingerprint density at radius 2 is 2.00 bits per heavy atom. The molecule has 0 fully saturated rings. The van der Waals surface area contributed by atoms with Crippen LogP contribution in [0.2, 0.25) is 0 Å². The minimum atomic E-state index is -0.552. The lowest BCUT2D eigenvalue weighted by Crippen LogP contribution is -2.38. The second kappa shape index (κ2) is 5.13. The molecule has 21 heavy (non-hydrogen) atoms. The van der Waals surface area contributed by atoms with Crippen LogP contribution in [0.1, 0.15) is 16.7 Å². The maximum absolute atomic E-state index is 12.1. The summed E-state index contributed by atoms with van der Waals surface area (Å²) >= 11 is 0. The Balaban J connectivity index is 1.84. The van der Waals surface area contributed by atoms with E-state index in [9.17, 15) is 9.90 Å². The van der Waals surface area contributed by atoms with Gasteiger partial charge in [0.1, 0.15) is 11.5 Å². The summed E-state index contributed by atoms with van der Waals surface area (Å²) in [5, 5.41) is 12.2. The van der Waals surface area contributed by atoms with E-state index >= 15 is 0 Å². The van der Waals surface area contributed by atoms with Crippen LogP contribution in [0.15, 0.2) is 36.4 Å². The standard InChI is InChI=1S/C17H17NO3/c1-10-3-4-12(11(2)7-10)8-16-17(20)18-14-9-13(19)5-6-15(14)21-16/h3-7,9,16,19H,8H2,1-2H3,(H,18,20). The van der Waals surface area contributed by atoms with Crippen molar-refractivity contribution in [3.05, 3.63) is 53.1 Å². The topological polar surface area (TPSA) is 58.6 Å². The van der Waals surface area contributed by atoms with Gasteiger partial charge in [-0.15, -0.1) is 0 Å². The smallest absolute Gasteiger partial charge is 0.265 e. The van der Waals surface area contributed by atoms with Gasteiger partial charge in [-0.05, 0) is 37.1 Å². The molecule has 1 aliphatic heterocycles. The Hall–Kier alpha value is -2.49. The Morgan fingerprint density at radius 3 is 2.76 bits per heavy atom. The average molecular weight is 283 g/mol. The molecule has 0 spiro atoms. The van der Waals surface area contributed by atoms with Gasteiger partial charge in [0, 0.05) is 12.5 Å². The van der Waals surface area contributed by atoms with Gasteiger partial charge in [-0.25, -0.2) is 0 Å². The van der Waals surface area contributed by atoms with Crippen molar-refractivity contribution in [2.45, 2.75) is 26.4 Å². The molecule has 1 amide bonds. The lowest BCUT2D eigenvalue weighted by atomic mass is 9.99. The van der Waals surface area contributed by atoms with E-state index in [2.05, 4.69) is 11.4 Å². The van der Waals surface area contributed by atoms with Crippen molar-refractivity contribution in [3.63, 3.8) is 0 Å². The summed E-state index contributed by atoms with van der Waals surface area (Å²) in [5.74, 6) is 0.501. The minimum absolute atomic E-state index is 0.102. The van der Waals surface area contributed by atoms with Crippen LogP contribution in [-0.2, 0) is 11.2 Å². The third-order valence-electron chi connectivity index (χ3n) is 3.69. The summed E-state index contributed by atoms with van der Waals surface area (Å²) in [4.78, 5) is 12.1. The second-order valence-electron chi connectivity index (χ2n) is 5.41. The van der Waals surface area contributed by atoms with Crippen LogP contribution in [0, 0.1) is 13.8 Å². The Morgan fingerprint density at radius 1 is 1.19 bits per heavy atom. The lowest BCUT2D eigenvalue weighted by molar-refractivity contribution is -0.123. The highest BCUT2D eigenvalue weighted by Crippen LogP contribution is 2.33. The van der Waals surface area contributed by atoms with Gasteiger partial charge >= 0.3 is 0 Å². The van der Waals surface area contributed by atoms with Gasteiger partial charge < -0.3 is 15.2 Å². The number of benzene rings is 2. The predicted molar refractivity (Wildman–Crippen MR) is 80.8 cm³/mol. The van der Waals surface area contributed by atoms with Crippen LogP contribution < -0.4 is 10.1 Å². The number of nitrogens with one attached hydrogen (secondary N) is 1. The molecule has 0 aliphatic carbocycles. The first kappa shape index (κ1) is 13.5. The highest BCUT2D eigenvalue weighted by Gasteiger charge is 2.28. The van der Waals surface area contributed by atoms with Crippen molar-refractivity contribution in [2.24, 2.45) is 0 Å². The van der Waals surface area contributed by atoms with Gasteiger partial charge in [0.2, 0.25) is 0 Å². The van der Waals surface area contributed by atoms with Crippen molar-refractivity contribution in [2.75, 3.05) is 5.32 Å². The van der Waals surface area contributed by atoms with Gasteiger partial charge in [-0.1, -0.05) is 23.8 Å². The molecule has 3 rings (SSSR count). The molecule has 2 aromatic rings. The maximum atomic E-state index is 12.1. The van der Waals surface area contributed by atoms with Crippen LogP contribution in [-0.4, -0.2) is 17.1 Å². The fourth-order valence-electron chi connectivity index (χ4n) is 2.55. The summed E-state index contributed by atoms with van der Waals surface area (Å²) in [6.07, 6.45) is -0.0263. The number of ether oxygens (including phenoxy) is 1. The van der Waals surface area contributed by atoms with Gasteiger partial charge in [-0.3, -0.25) is 4.79 Å². The number of aryl methyl sites for hydroxylation is 2. The van der Waals surface area contributed by atoms with E-state index < -0.39 is 6.10 Å². The first-order chi connectivity index (χ1) is 10.0. The molecule has 0 bridgehead atoms. The van der Waals surface area contributed by atoms with Gasteiger partial charge in [0.05, 0.1) is 5.69 Å². The van der Waals surface area contributed by atoms with Crippen molar-refractivity contribution in [1.82, 2.24) is 0 Å². The number of hydrogen-bond donors (Lipinski definition) is 2. The summed E-state index contributed by atoms with van der Waals surface area (Å²) in [7, 11) is 0. The zero-order valence-corrected chi connectivity index (χ0v) is 12.0. The number of rotatable bonds is 2. The first-order valence-corrected chi connectivity index (χ1v) is 6.89. The Kier molecular flexibility index (Phi) is 3.29. The molecule has 0 saturated carbocycles. The number of fused-ring (bicyclic) bond motifs is 1. The number of hydrogen-bond acceptors (Lipinski definition) is 3. The van der Waals surface area contributed by atoms with E-state index in [1.165, 1.54) is 11.6 Å². The molecule has 4 heteroatoms. The van der Waals surface area contributed by atoms with Crippen molar-refractivity contribution in [3.8, 4) is 11.5 Å². The minimum Gasteiger partial charge on any atom is -0.508 e. The molecule has 1 unspecified atom stereocenters. The van der Waals surface area contributed by atoms with Crippen molar-refractivity contribution >= 4 is 11.6 Å². The molecule has 2 N–H and O–H groups in total. The highest BCUT2D eigenvalue weighted by atomic mass is 16.5. The molecule has 0 radical (unpaired) electrons. The quantitative estimate of drug-likeness (QED) is 0.891. The van der Waals surface area contributed by atoms with E-state index in [-0.39, 0.29) is 11.7 Å². The monoisotopic (exact) mass is 283 g/mol. The van der Waals surface area contributed by atoms with E-state index in [0.717, 1.165) is 11.1 Å². The van der Waals surface area contributed by atoms with E-state index in [0.29, 0.717) is 17.9 Å². The van der Waals surface area contributed by atoms with Crippen LogP contribution in [0.25, 0.3) is 0 Å². The molecule has 0 saturated heterocycles. The summed E-state index contributed by atoms with van der Waals surface area (Å²) in [5.41, 5.74) is 3.97. The van der Waals surface area contributed by atoms with E-state index in [1.54, 1.807) is 12.1 Å². The zero-order valence-electron chi connectivity index (χ0n) is 12.0. The maximum Gasteiger partial charge on any atom is 0.265 e. The number of phenols is 1. The molecule has 108 valence electrons. The van der Waals surface area contributed by atoms with Gasteiger partial charge in [0.15, 0.2) is 6.10 Å². The number of amides is 1. The molecular formula is C17H17NO3. The normalized spacial score (nSPS) is 16.9. The largest absolute Gasteiger partial charge is 0.508 e. The summed E-state index contributed by atoms with van der Waals surface area (Å²) < 4.78 is 5.77. The summed E-state index contributed by atoms with van der Waals surface area (Å²) in [6.45, 7) is 4.08. The molecular weight excluding hydrogens is 266 g/mol. The van der Waals surface area contributed by atoms with Crippen LogP contribution in [0.4, 0.5) is 5.69 Å². The fourth-order valence-corrected chi connectivity index (χ4v) is 2.55. The number of anilines is 1. The first-order valence-electron chi connectivity index (χ1n) is 6.89. The molecule has 0 aromatic heterocycles. The van der Waals surface area contributed by atoms with Crippen LogP contribution >= 0.6 is 0 Å². The highest BCUT2D eigenvalue weighted by molar-refractivity contribution is 5.98. The zero-order chi connectivity index (χ0) is 15.0. The van der Waals surface area contributed by atoms with E-state index in [4.69, 9.17) is 4.74 Å². The third-order valence-corrected chi connectivity index (χ3v) is 3.69. The Labute approximate surface area is 123 Å². The van der Waals surface area contributed by atoms with Crippen molar-refractivity contribution < 1.29 is 14.6 Å². The molecule has 1 heterocycles. The van der Waals surface area contributed by atoms with Gasteiger partial charge in [0.25, 0.3) is 5.91 Å². The molecule has 1 atom stereocenters. The number of aromatic hydroxyl groups is 1. The van der Waals surface area contributed by atoms with Gasteiger partial charge in [-0.2, -0.15) is 0 Å². The molecule has 2 aromatic carbocycles. The fraction of sp³-hybridized carbons (Fsp3) is 0.235. The second-order valence-corrected chi connectivity index (χ2v) is 5.41. The lowest BCUT2D eigenvalue weighted by Gasteiger charge is -2.26. The van der Waals surface area contributed by atoms with Crippen molar-refractivity contribution in [1.29, 1.82) is 0 Å².